The SMILES string of the molecule is c1ccc(-c2nc(-c3cccc(-n4c5ccccc5c5ccc6c7ccccc7n(-c7ccccc7)c6c54)c3)c3sc4ccccc4c3n2)cc1. The Morgan fingerprint density at radius 3 is 1.67 bits per heavy atom. The summed E-state index contributed by atoms with van der Waals surface area (Å²) in [5.74, 6) is 0.734. The number of rotatable bonds is 4. The molecule has 0 saturated heterocycles. The second-order valence-electron chi connectivity index (χ2n) is 13.0. The molecule has 4 aromatic heterocycles. The quantitative estimate of drug-likeness (QED) is 0.187. The Morgan fingerprint density at radius 1 is 0.412 bits per heavy atom. The summed E-state index contributed by atoms with van der Waals surface area (Å²) in [5, 5.41) is 6.09. The molecule has 0 aliphatic heterocycles. The van der Waals surface area contributed by atoms with Gasteiger partial charge < -0.3 is 9.13 Å². The van der Waals surface area contributed by atoms with E-state index in [1.54, 1.807) is 11.3 Å². The molecule has 7 aromatic carbocycles. The fourth-order valence-electron chi connectivity index (χ4n) is 7.91. The van der Waals surface area contributed by atoms with Crippen LogP contribution >= 0.6 is 11.3 Å². The zero-order valence-electron chi connectivity index (χ0n) is 27.4. The van der Waals surface area contributed by atoms with Crippen molar-refractivity contribution in [1.82, 2.24) is 19.1 Å². The van der Waals surface area contributed by atoms with Gasteiger partial charge in [0.2, 0.25) is 0 Å². The second-order valence-corrected chi connectivity index (χ2v) is 14.0. The van der Waals surface area contributed by atoms with Crippen molar-refractivity contribution in [2.75, 3.05) is 0 Å². The summed E-state index contributed by atoms with van der Waals surface area (Å²) in [7, 11) is 0. The highest BCUT2D eigenvalue weighted by Gasteiger charge is 2.22. The summed E-state index contributed by atoms with van der Waals surface area (Å²) < 4.78 is 7.20. The van der Waals surface area contributed by atoms with E-state index in [1.807, 2.05) is 18.2 Å². The van der Waals surface area contributed by atoms with Gasteiger partial charge in [-0.05, 0) is 42.5 Å². The monoisotopic (exact) mass is 668 g/mol. The van der Waals surface area contributed by atoms with Gasteiger partial charge >= 0.3 is 0 Å². The van der Waals surface area contributed by atoms with Gasteiger partial charge in [0.1, 0.15) is 0 Å². The fraction of sp³-hybridized carbons (Fsp3) is 0. The maximum atomic E-state index is 5.30. The summed E-state index contributed by atoms with van der Waals surface area (Å²) in [4.78, 5) is 10.5. The van der Waals surface area contributed by atoms with Gasteiger partial charge in [-0.3, -0.25) is 0 Å². The standard InChI is InChI=1S/C46H28N4S/c1-3-14-29(15-4-1)46-47-41(45-42(48-46)37-22-9-12-25-40(37)51-45)30-16-13-19-32(28-30)50-39-24-11-8-21-34(39)36-27-26-35-33-20-7-10-23-38(33)49(43(35)44(36)50)31-17-5-2-6-18-31/h1-28H. The third kappa shape index (κ3) is 4.19. The van der Waals surface area contributed by atoms with Crippen LogP contribution in [0.2, 0.25) is 0 Å². The predicted molar refractivity (Wildman–Crippen MR) is 214 cm³/mol. The van der Waals surface area contributed by atoms with E-state index in [9.17, 15) is 0 Å². The molecule has 4 heterocycles. The molecule has 0 N–H and O–H groups in total. The Morgan fingerprint density at radius 2 is 0.961 bits per heavy atom. The number of benzene rings is 7. The van der Waals surface area contributed by atoms with Crippen LogP contribution in [-0.2, 0) is 0 Å². The highest BCUT2D eigenvalue weighted by atomic mass is 32.1. The largest absolute Gasteiger partial charge is 0.307 e. The molecule has 51 heavy (non-hydrogen) atoms. The molecule has 11 rings (SSSR count). The maximum Gasteiger partial charge on any atom is 0.160 e. The summed E-state index contributed by atoms with van der Waals surface area (Å²) in [6.45, 7) is 0. The Hall–Kier alpha value is -6.56. The normalized spacial score (nSPS) is 11.9. The van der Waals surface area contributed by atoms with Gasteiger partial charge in [-0.25, -0.2) is 9.97 Å². The van der Waals surface area contributed by atoms with Crippen LogP contribution in [0.25, 0.3) is 97.9 Å². The molecule has 0 atom stereocenters. The van der Waals surface area contributed by atoms with Gasteiger partial charge in [0.05, 0.1) is 38.0 Å². The summed E-state index contributed by atoms with van der Waals surface area (Å²) in [6, 6.07) is 60.6. The third-order valence-corrected chi connectivity index (χ3v) is 11.3. The first-order valence-corrected chi connectivity index (χ1v) is 18.0. The van der Waals surface area contributed by atoms with Gasteiger partial charge in [0.25, 0.3) is 0 Å². The minimum absolute atomic E-state index is 0.734. The van der Waals surface area contributed by atoms with Crippen molar-refractivity contribution < 1.29 is 0 Å². The predicted octanol–water partition coefficient (Wildman–Crippen LogP) is 12.4. The summed E-state index contributed by atoms with van der Waals surface area (Å²) in [5.41, 5.74) is 11.0. The van der Waals surface area contributed by atoms with Crippen LogP contribution < -0.4 is 0 Å². The number of hydrogen-bond donors (Lipinski definition) is 0. The summed E-state index contributed by atoms with van der Waals surface area (Å²) in [6.07, 6.45) is 0. The number of para-hydroxylation sites is 3. The zero-order valence-corrected chi connectivity index (χ0v) is 28.2. The van der Waals surface area contributed by atoms with Crippen molar-refractivity contribution in [2.24, 2.45) is 0 Å². The molecule has 5 heteroatoms. The first-order chi connectivity index (χ1) is 25.3. The first-order valence-electron chi connectivity index (χ1n) is 17.2. The van der Waals surface area contributed by atoms with Crippen LogP contribution in [0.3, 0.4) is 0 Å². The van der Waals surface area contributed by atoms with Crippen molar-refractivity contribution in [3.63, 3.8) is 0 Å². The summed E-state index contributed by atoms with van der Waals surface area (Å²) >= 11 is 1.76. The maximum absolute atomic E-state index is 5.30. The highest BCUT2D eigenvalue weighted by molar-refractivity contribution is 7.26. The lowest BCUT2D eigenvalue weighted by Gasteiger charge is -2.14. The smallest absolute Gasteiger partial charge is 0.160 e. The molecular formula is C46H28N4S. The number of nitrogens with zero attached hydrogens (tertiary/aromatic N) is 4. The zero-order chi connectivity index (χ0) is 33.5. The Labute approximate surface area is 297 Å². The highest BCUT2D eigenvalue weighted by Crippen LogP contribution is 2.43. The van der Waals surface area contributed by atoms with Crippen LogP contribution in [0, 0.1) is 0 Å². The Bertz CT molecular complexity index is 3130. The average Bonchev–Trinajstić information content (AvgIpc) is 3.86. The van der Waals surface area contributed by atoms with Crippen LogP contribution in [0.15, 0.2) is 170 Å². The van der Waals surface area contributed by atoms with Gasteiger partial charge in [0.15, 0.2) is 5.82 Å². The molecule has 4 nitrogen and oxygen atoms in total. The van der Waals surface area contributed by atoms with Gasteiger partial charge in [-0.1, -0.05) is 127 Å². The van der Waals surface area contributed by atoms with E-state index in [2.05, 4.69) is 161 Å². The molecule has 0 saturated carbocycles. The van der Waals surface area contributed by atoms with Crippen molar-refractivity contribution >= 4 is 75.3 Å². The molecule has 0 amide bonds. The Kier molecular flexibility index (Phi) is 6.09. The number of fused-ring (bicyclic) bond motifs is 10. The van der Waals surface area contributed by atoms with Crippen LogP contribution in [-0.4, -0.2) is 19.1 Å². The molecular weight excluding hydrogens is 641 g/mol. The minimum Gasteiger partial charge on any atom is -0.307 e. The van der Waals surface area contributed by atoms with Crippen molar-refractivity contribution in [1.29, 1.82) is 0 Å². The lowest BCUT2D eigenvalue weighted by molar-refractivity contribution is 1.15. The van der Waals surface area contributed by atoms with E-state index < -0.39 is 0 Å². The van der Waals surface area contributed by atoms with Crippen LogP contribution in [0.4, 0.5) is 0 Å². The van der Waals surface area contributed by atoms with Gasteiger partial charge in [-0.15, -0.1) is 11.3 Å². The van der Waals surface area contributed by atoms with E-state index in [0.29, 0.717) is 0 Å². The van der Waals surface area contributed by atoms with E-state index >= 15 is 0 Å². The second kappa shape index (κ2) is 11.0. The fourth-order valence-corrected chi connectivity index (χ4v) is 9.06. The number of thiophene rings is 1. The molecule has 11 aromatic rings. The van der Waals surface area contributed by atoms with Gasteiger partial charge in [0, 0.05) is 54.1 Å². The van der Waals surface area contributed by atoms with Crippen LogP contribution in [0.5, 0.6) is 0 Å². The van der Waals surface area contributed by atoms with Crippen molar-refractivity contribution in [3.05, 3.63) is 170 Å². The Balaban J connectivity index is 1.24. The van der Waals surface area contributed by atoms with E-state index in [4.69, 9.17) is 9.97 Å². The van der Waals surface area contributed by atoms with E-state index in [-0.39, 0.29) is 0 Å². The first kappa shape index (κ1) is 28.3. The average molecular weight is 669 g/mol. The van der Waals surface area contributed by atoms with Crippen molar-refractivity contribution in [2.45, 2.75) is 0 Å². The van der Waals surface area contributed by atoms with Gasteiger partial charge in [-0.2, -0.15) is 0 Å². The van der Waals surface area contributed by atoms with Crippen molar-refractivity contribution in [3.8, 4) is 34.0 Å². The third-order valence-electron chi connectivity index (χ3n) is 10.1. The molecule has 0 radical (unpaired) electrons. The molecule has 0 aliphatic carbocycles. The number of aromatic nitrogens is 4. The lowest BCUT2D eigenvalue weighted by Crippen LogP contribution is -1.99. The molecule has 0 aliphatic rings. The molecule has 0 spiro atoms. The molecule has 0 bridgehead atoms. The minimum atomic E-state index is 0.734. The molecule has 0 unspecified atom stereocenters. The molecule has 238 valence electrons. The molecule has 0 fully saturated rings. The topological polar surface area (TPSA) is 35.6 Å². The lowest BCUT2D eigenvalue weighted by atomic mass is 10.1. The van der Waals surface area contributed by atoms with Crippen LogP contribution in [0.1, 0.15) is 0 Å². The number of hydrogen-bond acceptors (Lipinski definition) is 3. The van der Waals surface area contributed by atoms with E-state index in [1.165, 1.54) is 48.3 Å². The van der Waals surface area contributed by atoms with E-state index in [0.717, 1.165) is 49.6 Å².